The smallest absolute Gasteiger partial charge is 0.227 e. The molecule has 0 bridgehead atoms. The van der Waals surface area contributed by atoms with Crippen LogP contribution in [0.15, 0.2) is 24.3 Å². The Balaban J connectivity index is 1.93. The van der Waals surface area contributed by atoms with Gasteiger partial charge in [0.25, 0.3) is 0 Å². The maximum absolute atomic E-state index is 12.7. The van der Waals surface area contributed by atoms with E-state index in [4.69, 9.17) is 4.74 Å². The Morgan fingerprint density at radius 2 is 1.81 bits per heavy atom. The third-order valence-electron chi connectivity index (χ3n) is 4.51. The first kappa shape index (κ1) is 20.3. The molecule has 1 aromatic carbocycles. The number of carbonyl (C=O) groups excluding carboxylic acids is 2. The Morgan fingerprint density at radius 1 is 1.19 bits per heavy atom. The van der Waals surface area contributed by atoms with Crippen LogP contribution in [0, 0.1) is 17.3 Å². The predicted octanol–water partition coefficient (Wildman–Crippen LogP) is 3.94. The molecule has 5 heteroatoms. The molecule has 0 aliphatic carbocycles. The average Bonchev–Trinajstić information content (AvgIpc) is 2.59. The van der Waals surface area contributed by atoms with Crippen LogP contribution in [0.3, 0.4) is 0 Å². The van der Waals surface area contributed by atoms with Gasteiger partial charge in [0.2, 0.25) is 11.8 Å². The van der Waals surface area contributed by atoms with E-state index in [9.17, 15) is 9.59 Å². The van der Waals surface area contributed by atoms with Crippen LogP contribution in [0.5, 0.6) is 5.75 Å². The van der Waals surface area contributed by atoms with Gasteiger partial charge in [-0.1, -0.05) is 46.8 Å². The van der Waals surface area contributed by atoms with Gasteiger partial charge in [0.05, 0.1) is 12.3 Å². The molecule has 2 rings (SSSR count). The van der Waals surface area contributed by atoms with Gasteiger partial charge >= 0.3 is 0 Å². The number of nitrogens with one attached hydrogen (secondary N) is 1. The molecule has 1 aromatic rings. The highest BCUT2D eigenvalue weighted by Crippen LogP contribution is 2.28. The molecule has 1 heterocycles. The Kier molecular flexibility index (Phi) is 6.68. The molecular weight excluding hydrogens is 328 g/mol. The summed E-state index contributed by atoms with van der Waals surface area (Å²) in [4.78, 5) is 26.9. The summed E-state index contributed by atoms with van der Waals surface area (Å²) in [6.45, 7) is 11.9. The lowest BCUT2D eigenvalue weighted by Crippen LogP contribution is -2.45. The number of rotatable bonds is 5. The van der Waals surface area contributed by atoms with Gasteiger partial charge in [0, 0.05) is 24.4 Å². The quantitative estimate of drug-likeness (QED) is 0.865. The number of likely N-dealkylation sites (tertiary alicyclic amines) is 1. The van der Waals surface area contributed by atoms with Crippen LogP contribution in [0.25, 0.3) is 0 Å². The molecule has 5 nitrogen and oxygen atoms in total. The van der Waals surface area contributed by atoms with Crippen molar-refractivity contribution in [3.63, 3.8) is 0 Å². The number of piperidine rings is 1. The molecule has 2 amide bonds. The van der Waals surface area contributed by atoms with Crippen molar-refractivity contribution < 1.29 is 14.3 Å². The van der Waals surface area contributed by atoms with Crippen LogP contribution < -0.4 is 10.1 Å². The van der Waals surface area contributed by atoms with Crippen LogP contribution in [-0.2, 0) is 9.59 Å². The fourth-order valence-corrected chi connectivity index (χ4v) is 3.01. The van der Waals surface area contributed by atoms with Gasteiger partial charge in [-0.05, 0) is 30.9 Å². The molecule has 0 radical (unpaired) electrons. The summed E-state index contributed by atoms with van der Waals surface area (Å²) in [5.41, 5.74) is 0.341. The van der Waals surface area contributed by atoms with Gasteiger partial charge in [-0.15, -0.1) is 0 Å². The number of benzene rings is 1. The monoisotopic (exact) mass is 360 g/mol. The van der Waals surface area contributed by atoms with Crippen LogP contribution in [0.1, 0.15) is 47.5 Å². The van der Waals surface area contributed by atoms with Gasteiger partial charge < -0.3 is 15.0 Å². The minimum atomic E-state index is -0.373. The molecule has 1 aliphatic heterocycles. The average molecular weight is 360 g/mol. The van der Waals surface area contributed by atoms with E-state index >= 15 is 0 Å². The first-order valence-electron chi connectivity index (χ1n) is 9.50. The van der Waals surface area contributed by atoms with E-state index in [0.717, 1.165) is 0 Å². The first-order valence-corrected chi connectivity index (χ1v) is 9.50. The van der Waals surface area contributed by atoms with Crippen molar-refractivity contribution >= 4 is 17.5 Å². The first-order chi connectivity index (χ1) is 12.2. The molecule has 0 aromatic heterocycles. The Bertz CT molecular complexity index is 626. The van der Waals surface area contributed by atoms with Crippen LogP contribution in [-0.4, -0.2) is 36.4 Å². The number of nitrogens with zero attached hydrogens (tertiary/aromatic N) is 1. The maximum Gasteiger partial charge on any atom is 0.227 e. The summed E-state index contributed by atoms with van der Waals surface area (Å²) in [6, 6.07) is 7.54. The van der Waals surface area contributed by atoms with E-state index in [2.05, 4.69) is 19.2 Å². The minimum absolute atomic E-state index is 0.00783. The third-order valence-corrected chi connectivity index (χ3v) is 4.51. The molecule has 0 atom stereocenters. The molecule has 144 valence electrons. The number of hydrogen-bond acceptors (Lipinski definition) is 3. The minimum Gasteiger partial charge on any atom is -0.491 e. The van der Waals surface area contributed by atoms with E-state index in [0.29, 0.717) is 49.9 Å². The van der Waals surface area contributed by atoms with Crippen LogP contribution >= 0.6 is 0 Å². The predicted molar refractivity (Wildman–Crippen MR) is 104 cm³/mol. The Hall–Kier alpha value is -2.04. The van der Waals surface area contributed by atoms with Gasteiger partial charge in [0.15, 0.2) is 0 Å². The second-order valence-corrected chi connectivity index (χ2v) is 8.51. The zero-order valence-electron chi connectivity index (χ0n) is 16.7. The molecule has 0 saturated carbocycles. The van der Waals surface area contributed by atoms with Crippen molar-refractivity contribution in [1.82, 2.24) is 4.90 Å². The van der Waals surface area contributed by atoms with E-state index in [1.807, 2.05) is 49.9 Å². The summed E-state index contributed by atoms with van der Waals surface area (Å²) in [5.74, 6) is 1.22. The SMILES string of the molecule is CC(C)COc1ccccc1NC(=O)C1CCN(C(=O)C(C)(C)C)CC1. The zero-order valence-corrected chi connectivity index (χ0v) is 16.7. The molecule has 1 aliphatic rings. The number of para-hydroxylation sites is 2. The molecular formula is C21H32N2O3. The fraction of sp³-hybridized carbons (Fsp3) is 0.619. The second kappa shape index (κ2) is 8.56. The van der Waals surface area contributed by atoms with E-state index in [-0.39, 0.29) is 23.1 Å². The summed E-state index contributed by atoms with van der Waals surface area (Å²) in [6.07, 6.45) is 1.39. The van der Waals surface area contributed by atoms with E-state index < -0.39 is 0 Å². The van der Waals surface area contributed by atoms with Crippen LogP contribution in [0.4, 0.5) is 5.69 Å². The van der Waals surface area contributed by atoms with Crippen molar-refractivity contribution in [3.05, 3.63) is 24.3 Å². The van der Waals surface area contributed by atoms with Crippen molar-refractivity contribution in [2.45, 2.75) is 47.5 Å². The second-order valence-electron chi connectivity index (χ2n) is 8.51. The number of hydrogen-bond donors (Lipinski definition) is 1. The molecule has 1 fully saturated rings. The number of carbonyl (C=O) groups is 2. The van der Waals surface area contributed by atoms with Crippen molar-refractivity contribution in [3.8, 4) is 5.75 Å². The lowest BCUT2D eigenvalue weighted by Gasteiger charge is -2.35. The van der Waals surface area contributed by atoms with E-state index in [1.165, 1.54) is 0 Å². The molecule has 1 N–H and O–H groups in total. The Labute approximate surface area is 157 Å². The molecule has 1 saturated heterocycles. The highest BCUT2D eigenvalue weighted by molar-refractivity contribution is 5.94. The van der Waals surface area contributed by atoms with Crippen molar-refractivity contribution in [2.75, 3.05) is 25.0 Å². The largest absolute Gasteiger partial charge is 0.491 e. The number of amides is 2. The van der Waals surface area contributed by atoms with Gasteiger partial charge in [0.1, 0.15) is 5.75 Å². The summed E-state index contributed by atoms with van der Waals surface area (Å²) in [5, 5.41) is 3.01. The molecule has 0 spiro atoms. The molecule has 0 unspecified atom stereocenters. The lowest BCUT2D eigenvalue weighted by molar-refractivity contribution is -0.142. The molecule has 26 heavy (non-hydrogen) atoms. The summed E-state index contributed by atoms with van der Waals surface area (Å²) >= 11 is 0. The zero-order chi connectivity index (χ0) is 19.3. The number of anilines is 1. The highest BCUT2D eigenvalue weighted by atomic mass is 16.5. The third kappa shape index (κ3) is 5.48. The van der Waals surface area contributed by atoms with Gasteiger partial charge in [-0.25, -0.2) is 0 Å². The lowest BCUT2D eigenvalue weighted by atomic mass is 9.90. The number of ether oxygens (including phenoxy) is 1. The van der Waals surface area contributed by atoms with E-state index in [1.54, 1.807) is 0 Å². The maximum atomic E-state index is 12.7. The topological polar surface area (TPSA) is 58.6 Å². The Morgan fingerprint density at radius 3 is 2.38 bits per heavy atom. The van der Waals surface area contributed by atoms with Gasteiger partial charge in [-0.3, -0.25) is 9.59 Å². The highest BCUT2D eigenvalue weighted by Gasteiger charge is 2.32. The van der Waals surface area contributed by atoms with Gasteiger partial charge in [-0.2, -0.15) is 0 Å². The van der Waals surface area contributed by atoms with Crippen molar-refractivity contribution in [1.29, 1.82) is 0 Å². The standard InChI is InChI=1S/C21H32N2O3/c1-15(2)14-26-18-9-7-6-8-17(18)22-19(24)16-10-12-23(13-11-16)20(25)21(3,4)5/h6-9,15-16H,10-14H2,1-5H3,(H,22,24). The summed E-state index contributed by atoms with van der Waals surface area (Å²) in [7, 11) is 0. The normalized spacial score (nSPS) is 15.8. The summed E-state index contributed by atoms with van der Waals surface area (Å²) < 4.78 is 5.81. The van der Waals surface area contributed by atoms with Crippen molar-refractivity contribution in [2.24, 2.45) is 17.3 Å². The van der Waals surface area contributed by atoms with Crippen LogP contribution in [0.2, 0.25) is 0 Å². The fourth-order valence-electron chi connectivity index (χ4n) is 3.01.